The SMILES string of the molecule is Cc1noc(-c2cc(Cl)ccc2OCC(=O)Nc2cccc(C#N)c2)n1. The summed E-state index contributed by atoms with van der Waals surface area (Å²) in [7, 11) is 0. The van der Waals surface area contributed by atoms with Gasteiger partial charge in [-0.05, 0) is 43.3 Å². The molecule has 8 heteroatoms. The molecule has 1 amide bonds. The van der Waals surface area contributed by atoms with Crippen LogP contribution in [0.3, 0.4) is 0 Å². The number of nitrogens with one attached hydrogen (secondary N) is 1. The van der Waals surface area contributed by atoms with Crippen molar-refractivity contribution in [3.63, 3.8) is 0 Å². The highest BCUT2D eigenvalue weighted by atomic mass is 35.5. The molecule has 7 nitrogen and oxygen atoms in total. The summed E-state index contributed by atoms with van der Waals surface area (Å²) in [5.74, 6) is 0.741. The highest BCUT2D eigenvalue weighted by Gasteiger charge is 2.15. The number of anilines is 1. The van der Waals surface area contributed by atoms with Crippen LogP contribution in [0.15, 0.2) is 47.0 Å². The number of benzene rings is 2. The van der Waals surface area contributed by atoms with E-state index in [1.54, 1.807) is 49.4 Å². The Morgan fingerprint density at radius 3 is 2.92 bits per heavy atom. The minimum atomic E-state index is -0.373. The third-order valence-corrected chi connectivity index (χ3v) is 3.57. The van der Waals surface area contributed by atoms with Crippen LogP contribution in [0, 0.1) is 18.3 Å². The Morgan fingerprint density at radius 2 is 2.19 bits per heavy atom. The second-order valence-electron chi connectivity index (χ2n) is 5.32. The van der Waals surface area contributed by atoms with Crippen molar-refractivity contribution >= 4 is 23.2 Å². The van der Waals surface area contributed by atoms with Gasteiger partial charge in [-0.2, -0.15) is 10.2 Å². The first kappa shape index (κ1) is 17.5. The molecule has 0 aliphatic rings. The molecule has 2 aromatic carbocycles. The summed E-state index contributed by atoms with van der Waals surface area (Å²) in [5.41, 5.74) is 1.47. The molecule has 3 aromatic rings. The Balaban J connectivity index is 1.71. The van der Waals surface area contributed by atoms with E-state index in [9.17, 15) is 4.79 Å². The van der Waals surface area contributed by atoms with E-state index in [0.717, 1.165) is 0 Å². The van der Waals surface area contributed by atoms with Crippen LogP contribution in [0.5, 0.6) is 5.75 Å². The molecule has 0 spiro atoms. The molecule has 0 radical (unpaired) electrons. The van der Waals surface area contributed by atoms with E-state index in [2.05, 4.69) is 15.5 Å². The van der Waals surface area contributed by atoms with E-state index in [1.807, 2.05) is 6.07 Å². The van der Waals surface area contributed by atoms with Gasteiger partial charge in [-0.25, -0.2) is 0 Å². The largest absolute Gasteiger partial charge is 0.483 e. The first-order chi connectivity index (χ1) is 12.5. The average molecular weight is 369 g/mol. The Morgan fingerprint density at radius 1 is 1.35 bits per heavy atom. The number of halogens is 1. The van der Waals surface area contributed by atoms with Crippen molar-refractivity contribution in [3.05, 3.63) is 58.9 Å². The quantitative estimate of drug-likeness (QED) is 0.738. The molecule has 130 valence electrons. The van der Waals surface area contributed by atoms with E-state index in [1.165, 1.54) is 0 Å². The van der Waals surface area contributed by atoms with Crippen LogP contribution in [0.25, 0.3) is 11.5 Å². The van der Waals surface area contributed by atoms with Gasteiger partial charge in [0.05, 0.1) is 17.2 Å². The second kappa shape index (κ2) is 7.68. The summed E-state index contributed by atoms with van der Waals surface area (Å²) in [6, 6.07) is 13.5. The summed E-state index contributed by atoms with van der Waals surface area (Å²) < 4.78 is 10.7. The zero-order chi connectivity index (χ0) is 18.5. The van der Waals surface area contributed by atoms with Gasteiger partial charge in [-0.1, -0.05) is 22.8 Å². The van der Waals surface area contributed by atoms with Crippen molar-refractivity contribution in [2.45, 2.75) is 6.92 Å². The average Bonchev–Trinajstić information content (AvgIpc) is 3.07. The lowest BCUT2D eigenvalue weighted by atomic mass is 10.2. The number of aromatic nitrogens is 2. The molecule has 0 atom stereocenters. The lowest BCUT2D eigenvalue weighted by molar-refractivity contribution is -0.118. The molecule has 1 N–H and O–H groups in total. The summed E-state index contributed by atoms with van der Waals surface area (Å²) in [5, 5.41) is 15.8. The number of amides is 1. The van der Waals surface area contributed by atoms with Crippen LogP contribution < -0.4 is 10.1 Å². The number of ether oxygens (including phenoxy) is 1. The van der Waals surface area contributed by atoms with Crippen molar-refractivity contribution in [2.75, 3.05) is 11.9 Å². The number of rotatable bonds is 5. The van der Waals surface area contributed by atoms with Gasteiger partial charge in [0.2, 0.25) is 0 Å². The van der Waals surface area contributed by atoms with Crippen molar-refractivity contribution in [2.24, 2.45) is 0 Å². The molecular weight excluding hydrogens is 356 g/mol. The predicted octanol–water partition coefficient (Wildman–Crippen LogP) is 3.59. The minimum Gasteiger partial charge on any atom is -0.483 e. The standard InChI is InChI=1S/C18H13ClN4O3/c1-11-21-18(26-23-11)15-8-13(19)5-6-16(15)25-10-17(24)22-14-4-2-3-12(7-14)9-20/h2-8H,10H2,1H3,(H,22,24). The van der Waals surface area contributed by atoms with Crippen LogP contribution in [-0.2, 0) is 4.79 Å². The molecule has 0 aliphatic heterocycles. The lowest BCUT2D eigenvalue weighted by Gasteiger charge is -2.10. The van der Waals surface area contributed by atoms with Crippen molar-refractivity contribution < 1.29 is 14.1 Å². The maximum absolute atomic E-state index is 12.1. The molecule has 0 saturated heterocycles. The van der Waals surface area contributed by atoms with Crippen LogP contribution in [-0.4, -0.2) is 22.7 Å². The summed E-state index contributed by atoms with van der Waals surface area (Å²) in [6.45, 7) is 1.46. The third-order valence-electron chi connectivity index (χ3n) is 3.33. The summed E-state index contributed by atoms with van der Waals surface area (Å²) in [6.07, 6.45) is 0. The molecule has 0 fully saturated rings. The van der Waals surface area contributed by atoms with E-state index in [0.29, 0.717) is 33.4 Å². The number of nitriles is 1. The Kier molecular flexibility index (Phi) is 5.15. The summed E-state index contributed by atoms with van der Waals surface area (Å²) >= 11 is 6.02. The molecular formula is C18H13ClN4O3. The highest BCUT2D eigenvalue weighted by Crippen LogP contribution is 2.31. The van der Waals surface area contributed by atoms with E-state index < -0.39 is 0 Å². The summed E-state index contributed by atoms with van der Waals surface area (Å²) in [4.78, 5) is 16.3. The Hall–Kier alpha value is -3.37. The number of aryl methyl sites for hydroxylation is 1. The zero-order valence-electron chi connectivity index (χ0n) is 13.7. The van der Waals surface area contributed by atoms with E-state index in [-0.39, 0.29) is 18.4 Å². The first-order valence-electron chi connectivity index (χ1n) is 7.58. The van der Waals surface area contributed by atoms with Crippen LogP contribution >= 0.6 is 11.6 Å². The second-order valence-corrected chi connectivity index (χ2v) is 5.75. The first-order valence-corrected chi connectivity index (χ1v) is 7.96. The smallest absolute Gasteiger partial charge is 0.262 e. The van der Waals surface area contributed by atoms with Gasteiger partial charge in [-0.15, -0.1) is 0 Å². The number of carbonyl (C=O) groups excluding carboxylic acids is 1. The minimum absolute atomic E-state index is 0.238. The van der Waals surface area contributed by atoms with Gasteiger partial charge in [0.1, 0.15) is 5.75 Å². The molecule has 1 aromatic heterocycles. The molecule has 1 heterocycles. The molecule has 0 bridgehead atoms. The topological polar surface area (TPSA) is 101 Å². The number of carbonyl (C=O) groups is 1. The van der Waals surface area contributed by atoms with Crippen LogP contribution in [0.2, 0.25) is 5.02 Å². The van der Waals surface area contributed by atoms with Crippen molar-refractivity contribution in [3.8, 4) is 23.3 Å². The lowest BCUT2D eigenvalue weighted by Crippen LogP contribution is -2.20. The Labute approximate surface area is 154 Å². The highest BCUT2D eigenvalue weighted by molar-refractivity contribution is 6.30. The fourth-order valence-electron chi connectivity index (χ4n) is 2.21. The van der Waals surface area contributed by atoms with Crippen molar-refractivity contribution in [1.82, 2.24) is 10.1 Å². The number of nitrogens with zero attached hydrogens (tertiary/aromatic N) is 3. The van der Waals surface area contributed by atoms with E-state index >= 15 is 0 Å². The van der Waals surface area contributed by atoms with Crippen molar-refractivity contribution in [1.29, 1.82) is 5.26 Å². The van der Waals surface area contributed by atoms with Gasteiger partial charge in [0.15, 0.2) is 12.4 Å². The zero-order valence-corrected chi connectivity index (χ0v) is 14.4. The fourth-order valence-corrected chi connectivity index (χ4v) is 2.38. The predicted molar refractivity (Wildman–Crippen MR) is 94.8 cm³/mol. The number of hydrogen-bond donors (Lipinski definition) is 1. The maximum atomic E-state index is 12.1. The van der Waals surface area contributed by atoms with Gasteiger partial charge in [-0.3, -0.25) is 4.79 Å². The molecule has 0 aliphatic carbocycles. The molecule has 0 saturated carbocycles. The van der Waals surface area contributed by atoms with Crippen LogP contribution in [0.4, 0.5) is 5.69 Å². The molecule has 26 heavy (non-hydrogen) atoms. The maximum Gasteiger partial charge on any atom is 0.262 e. The molecule has 3 rings (SSSR count). The normalized spacial score (nSPS) is 10.2. The number of hydrogen-bond acceptors (Lipinski definition) is 6. The van der Waals surface area contributed by atoms with Gasteiger partial charge < -0.3 is 14.6 Å². The van der Waals surface area contributed by atoms with E-state index in [4.69, 9.17) is 26.1 Å². The Bertz CT molecular complexity index is 994. The van der Waals surface area contributed by atoms with Crippen LogP contribution in [0.1, 0.15) is 11.4 Å². The monoisotopic (exact) mass is 368 g/mol. The van der Waals surface area contributed by atoms with Gasteiger partial charge >= 0.3 is 0 Å². The van der Waals surface area contributed by atoms with Gasteiger partial charge in [0.25, 0.3) is 11.8 Å². The molecule has 0 unspecified atom stereocenters. The van der Waals surface area contributed by atoms with Gasteiger partial charge in [0, 0.05) is 10.7 Å². The fraction of sp³-hybridized carbons (Fsp3) is 0.111. The third kappa shape index (κ3) is 4.18.